The zero-order chi connectivity index (χ0) is 12.4. The average molecular weight is 301 g/mol. The molecule has 2 rings (SSSR count). The highest BCUT2D eigenvalue weighted by atomic mass is 79.9. The van der Waals surface area contributed by atoms with Crippen LogP contribution in [-0.2, 0) is 0 Å². The quantitative estimate of drug-likeness (QED) is 0.906. The van der Waals surface area contributed by atoms with Gasteiger partial charge in [-0.3, -0.25) is 4.79 Å². The van der Waals surface area contributed by atoms with E-state index in [-0.39, 0.29) is 17.5 Å². The number of amides is 1. The van der Waals surface area contributed by atoms with Crippen molar-refractivity contribution in [3.63, 3.8) is 0 Å². The summed E-state index contributed by atoms with van der Waals surface area (Å²) in [6.45, 7) is 1.79. The molecule has 5 heteroatoms. The first-order valence-electron chi connectivity index (χ1n) is 5.50. The minimum Gasteiger partial charge on any atom is -0.348 e. The van der Waals surface area contributed by atoms with Crippen LogP contribution < -0.4 is 5.32 Å². The Labute approximate surface area is 108 Å². The molecule has 92 valence electrons. The smallest absolute Gasteiger partial charge is 0.254 e. The fourth-order valence-electron chi connectivity index (χ4n) is 1.99. The zero-order valence-electron chi connectivity index (χ0n) is 9.54. The number of hydrogen-bond acceptors (Lipinski definition) is 2. The van der Waals surface area contributed by atoms with E-state index >= 15 is 0 Å². The summed E-state index contributed by atoms with van der Waals surface area (Å²) in [5.74, 6) is -0.835. The van der Waals surface area contributed by atoms with E-state index in [2.05, 4.69) is 26.1 Å². The summed E-state index contributed by atoms with van der Waals surface area (Å²) in [5.41, 5.74) is 0.0998. The molecule has 0 aliphatic carbocycles. The van der Waals surface area contributed by atoms with Gasteiger partial charge in [0.25, 0.3) is 5.91 Å². The van der Waals surface area contributed by atoms with E-state index < -0.39 is 5.82 Å². The number of nitrogens with zero attached hydrogens (tertiary/aromatic N) is 1. The van der Waals surface area contributed by atoms with Crippen molar-refractivity contribution >= 4 is 21.8 Å². The Bertz CT molecular complexity index is 439. The van der Waals surface area contributed by atoms with Crippen LogP contribution >= 0.6 is 15.9 Å². The molecule has 0 spiro atoms. The van der Waals surface area contributed by atoms with Gasteiger partial charge in [-0.25, -0.2) is 4.39 Å². The molecule has 1 aromatic rings. The van der Waals surface area contributed by atoms with Crippen LogP contribution in [0.1, 0.15) is 16.8 Å². The summed E-state index contributed by atoms with van der Waals surface area (Å²) < 4.78 is 14.2. The first-order valence-corrected chi connectivity index (χ1v) is 6.30. The summed E-state index contributed by atoms with van der Waals surface area (Å²) in [6.07, 6.45) is 0.917. The highest BCUT2D eigenvalue weighted by Gasteiger charge is 2.22. The third-order valence-corrected chi connectivity index (χ3v) is 3.40. The van der Waals surface area contributed by atoms with Crippen molar-refractivity contribution < 1.29 is 9.18 Å². The highest BCUT2D eigenvalue weighted by Crippen LogP contribution is 2.16. The van der Waals surface area contributed by atoms with Crippen LogP contribution in [0, 0.1) is 5.82 Å². The van der Waals surface area contributed by atoms with Crippen molar-refractivity contribution in [2.24, 2.45) is 0 Å². The monoisotopic (exact) mass is 300 g/mol. The number of carbonyl (C=O) groups is 1. The molecule has 3 nitrogen and oxygen atoms in total. The van der Waals surface area contributed by atoms with Crippen molar-refractivity contribution in [2.75, 3.05) is 20.1 Å². The van der Waals surface area contributed by atoms with Crippen molar-refractivity contribution in [2.45, 2.75) is 12.5 Å². The van der Waals surface area contributed by atoms with Crippen LogP contribution in [0.5, 0.6) is 0 Å². The summed E-state index contributed by atoms with van der Waals surface area (Å²) in [7, 11) is 2.01. The highest BCUT2D eigenvalue weighted by molar-refractivity contribution is 9.10. The summed E-state index contributed by atoms with van der Waals surface area (Å²) >= 11 is 3.16. The molecule has 0 radical (unpaired) electrons. The van der Waals surface area contributed by atoms with E-state index in [1.807, 2.05) is 7.05 Å². The van der Waals surface area contributed by atoms with Gasteiger partial charge in [-0.15, -0.1) is 0 Å². The number of hydrogen-bond donors (Lipinski definition) is 1. The first-order chi connectivity index (χ1) is 8.06. The molecule has 0 bridgehead atoms. The molecule has 1 aliphatic heterocycles. The molecule has 1 atom stereocenters. The van der Waals surface area contributed by atoms with Crippen LogP contribution in [0.2, 0.25) is 0 Å². The van der Waals surface area contributed by atoms with Gasteiger partial charge in [0.2, 0.25) is 0 Å². The summed E-state index contributed by atoms with van der Waals surface area (Å²) in [5, 5.41) is 2.85. The van der Waals surface area contributed by atoms with Gasteiger partial charge < -0.3 is 10.2 Å². The predicted molar refractivity (Wildman–Crippen MR) is 67.5 cm³/mol. The van der Waals surface area contributed by atoms with Crippen molar-refractivity contribution in [3.8, 4) is 0 Å². The largest absolute Gasteiger partial charge is 0.348 e. The Morgan fingerprint density at radius 3 is 2.94 bits per heavy atom. The Morgan fingerprint density at radius 2 is 2.35 bits per heavy atom. The lowest BCUT2D eigenvalue weighted by atomic mass is 10.1. The second-order valence-electron chi connectivity index (χ2n) is 4.35. The first kappa shape index (κ1) is 12.5. The van der Waals surface area contributed by atoms with Gasteiger partial charge in [0.05, 0.1) is 5.56 Å². The van der Waals surface area contributed by atoms with E-state index in [1.54, 1.807) is 6.07 Å². The van der Waals surface area contributed by atoms with E-state index in [0.717, 1.165) is 19.5 Å². The minimum absolute atomic E-state index is 0.0998. The molecule has 1 fully saturated rings. The number of carbonyl (C=O) groups excluding carboxylic acids is 1. The summed E-state index contributed by atoms with van der Waals surface area (Å²) in [4.78, 5) is 14.0. The van der Waals surface area contributed by atoms with Crippen molar-refractivity contribution in [1.29, 1.82) is 0 Å². The third-order valence-electron chi connectivity index (χ3n) is 2.90. The van der Waals surface area contributed by atoms with Crippen molar-refractivity contribution in [3.05, 3.63) is 34.1 Å². The normalized spacial score (nSPS) is 20.5. The fraction of sp³-hybridized carbons (Fsp3) is 0.417. The molecule has 1 unspecified atom stereocenters. The lowest BCUT2D eigenvalue weighted by Gasteiger charge is -2.13. The van der Waals surface area contributed by atoms with E-state index in [0.29, 0.717) is 4.47 Å². The average Bonchev–Trinajstić information content (AvgIpc) is 2.63. The molecule has 1 aromatic carbocycles. The number of likely N-dealkylation sites (N-methyl/N-ethyl adjacent to an activating group) is 1. The Morgan fingerprint density at radius 1 is 1.59 bits per heavy atom. The minimum atomic E-state index is -0.497. The third kappa shape index (κ3) is 3.04. The SMILES string of the molecule is CN1CCC(NC(=O)c2ccc(Br)cc2F)C1. The molecular weight excluding hydrogens is 287 g/mol. The van der Waals surface area contributed by atoms with E-state index in [9.17, 15) is 9.18 Å². The Kier molecular flexibility index (Phi) is 3.79. The second kappa shape index (κ2) is 5.14. The molecule has 1 N–H and O–H groups in total. The number of likely N-dealkylation sites (tertiary alicyclic amines) is 1. The number of benzene rings is 1. The van der Waals surface area contributed by atoms with Crippen LogP contribution in [0.3, 0.4) is 0 Å². The molecule has 1 aliphatic rings. The van der Waals surface area contributed by atoms with Crippen LogP contribution in [-0.4, -0.2) is 37.0 Å². The fourth-order valence-corrected chi connectivity index (χ4v) is 2.32. The molecule has 17 heavy (non-hydrogen) atoms. The maximum absolute atomic E-state index is 13.6. The predicted octanol–water partition coefficient (Wildman–Crippen LogP) is 2.02. The zero-order valence-corrected chi connectivity index (χ0v) is 11.1. The van der Waals surface area contributed by atoms with Gasteiger partial charge in [0.1, 0.15) is 5.82 Å². The Hall–Kier alpha value is -0.940. The van der Waals surface area contributed by atoms with Gasteiger partial charge in [-0.05, 0) is 38.2 Å². The number of rotatable bonds is 2. The lowest BCUT2D eigenvalue weighted by molar-refractivity contribution is 0.0934. The van der Waals surface area contributed by atoms with Gasteiger partial charge >= 0.3 is 0 Å². The van der Waals surface area contributed by atoms with E-state index in [4.69, 9.17) is 0 Å². The van der Waals surface area contributed by atoms with Gasteiger partial charge in [-0.1, -0.05) is 15.9 Å². The van der Waals surface area contributed by atoms with Gasteiger partial charge in [0.15, 0.2) is 0 Å². The molecule has 0 saturated carbocycles. The molecule has 1 heterocycles. The maximum atomic E-state index is 13.6. The van der Waals surface area contributed by atoms with E-state index in [1.165, 1.54) is 12.1 Å². The molecule has 0 aromatic heterocycles. The van der Waals surface area contributed by atoms with Gasteiger partial charge in [0, 0.05) is 17.1 Å². The number of halogens is 2. The number of nitrogens with one attached hydrogen (secondary N) is 1. The lowest BCUT2D eigenvalue weighted by Crippen LogP contribution is -2.36. The van der Waals surface area contributed by atoms with Crippen LogP contribution in [0.15, 0.2) is 22.7 Å². The van der Waals surface area contributed by atoms with Crippen molar-refractivity contribution in [1.82, 2.24) is 10.2 Å². The van der Waals surface area contributed by atoms with Gasteiger partial charge in [-0.2, -0.15) is 0 Å². The molecular formula is C12H14BrFN2O. The second-order valence-corrected chi connectivity index (χ2v) is 5.26. The van der Waals surface area contributed by atoms with Crippen LogP contribution in [0.25, 0.3) is 0 Å². The van der Waals surface area contributed by atoms with Crippen LogP contribution in [0.4, 0.5) is 4.39 Å². The molecule has 1 amide bonds. The molecule has 1 saturated heterocycles. The Balaban J connectivity index is 2.04. The maximum Gasteiger partial charge on any atom is 0.254 e. The topological polar surface area (TPSA) is 32.3 Å². The summed E-state index contributed by atoms with van der Waals surface area (Å²) in [6, 6.07) is 4.58. The standard InChI is InChI=1S/C12H14BrFN2O/c1-16-5-4-9(7-16)15-12(17)10-3-2-8(13)6-11(10)14/h2-3,6,9H,4-5,7H2,1H3,(H,15,17).